The summed E-state index contributed by atoms with van der Waals surface area (Å²) in [5.41, 5.74) is 7.67. The molecule has 0 unspecified atom stereocenters. The molecule has 1 aromatic carbocycles. The number of allylic oxidation sites excluding steroid dienone is 9. The minimum Gasteiger partial charge on any atom is -0.504 e. The van der Waals surface area contributed by atoms with Gasteiger partial charge in [0.05, 0.1) is 0 Å². The topological polar surface area (TPSA) is 69.6 Å². The molecule has 0 atom stereocenters. The number of rotatable bonds is 16. The molecule has 0 aliphatic carbocycles. The molecule has 3 N–H and O–H groups in total. The lowest BCUT2D eigenvalue weighted by Crippen LogP contribution is -2.23. The zero-order chi connectivity index (χ0) is 27.6. The average molecular weight is 508 g/mol. The number of carbonyl (C=O) groups is 1. The van der Waals surface area contributed by atoms with Crippen LogP contribution in [0, 0.1) is 0 Å². The molecule has 4 nitrogen and oxygen atoms in total. The quantitative estimate of drug-likeness (QED) is 0.119. The van der Waals surface area contributed by atoms with Crippen LogP contribution in [0.4, 0.5) is 0 Å². The van der Waals surface area contributed by atoms with Gasteiger partial charge in [0.15, 0.2) is 11.5 Å². The Bertz CT molecular complexity index is 1000. The van der Waals surface area contributed by atoms with Crippen molar-refractivity contribution in [2.24, 2.45) is 0 Å². The smallest absolute Gasteiger partial charge is 0.243 e. The lowest BCUT2D eigenvalue weighted by molar-refractivity contribution is -0.116. The normalized spacial score (nSPS) is 13.0. The first-order chi connectivity index (χ1) is 17.6. The van der Waals surface area contributed by atoms with E-state index in [1.54, 1.807) is 12.1 Å². The van der Waals surface area contributed by atoms with E-state index in [1.807, 2.05) is 6.92 Å². The SMILES string of the molecule is CC(C)=CCCC(C)=CCCC(C)=CCCC(C)=CCCC(C)=CC(=O)NCCc1ccc(O)c(O)c1. The summed E-state index contributed by atoms with van der Waals surface area (Å²) in [6, 6.07) is 4.71. The van der Waals surface area contributed by atoms with Crippen LogP contribution in [-0.4, -0.2) is 22.7 Å². The van der Waals surface area contributed by atoms with Gasteiger partial charge in [-0.05, 0) is 117 Å². The van der Waals surface area contributed by atoms with Crippen LogP contribution in [-0.2, 0) is 11.2 Å². The van der Waals surface area contributed by atoms with Crippen molar-refractivity contribution in [3.63, 3.8) is 0 Å². The summed E-state index contributed by atoms with van der Waals surface area (Å²) in [5, 5.41) is 21.8. The summed E-state index contributed by atoms with van der Waals surface area (Å²) in [4.78, 5) is 12.1. The standard InChI is InChI=1S/C33H49NO3/c1-25(2)11-7-12-26(3)13-8-14-27(4)15-9-16-28(5)17-10-18-29(6)23-33(37)34-22-21-30-19-20-31(35)32(36)24-30/h11,13,15,17,19-20,23-24,35-36H,7-10,12,14,16,18,21-22H2,1-6H3,(H,34,37). The summed E-state index contributed by atoms with van der Waals surface area (Å²) in [6.45, 7) is 13.4. The lowest BCUT2D eigenvalue weighted by Gasteiger charge is -2.06. The zero-order valence-electron chi connectivity index (χ0n) is 24.0. The highest BCUT2D eigenvalue weighted by atomic mass is 16.3. The number of hydrogen-bond donors (Lipinski definition) is 3. The molecule has 0 aliphatic heterocycles. The molecule has 0 saturated heterocycles. The Morgan fingerprint density at radius 3 is 1.68 bits per heavy atom. The monoisotopic (exact) mass is 507 g/mol. The molecule has 37 heavy (non-hydrogen) atoms. The molecule has 0 fully saturated rings. The summed E-state index contributed by atoms with van der Waals surface area (Å²) in [7, 11) is 0. The Labute approximate surface area is 225 Å². The molecule has 0 heterocycles. The highest BCUT2D eigenvalue weighted by molar-refractivity contribution is 5.88. The van der Waals surface area contributed by atoms with E-state index in [1.165, 1.54) is 34.4 Å². The molecule has 1 rings (SSSR count). The fraction of sp³-hybridized carbons (Fsp3) is 0.485. The number of hydrogen-bond acceptors (Lipinski definition) is 3. The molecule has 0 aromatic heterocycles. The number of aromatic hydroxyl groups is 2. The number of nitrogens with one attached hydrogen (secondary N) is 1. The molecular weight excluding hydrogens is 458 g/mol. The maximum Gasteiger partial charge on any atom is 0.243 e. The van der Waals surface area contributed by atoms with E-state index in [0.717, 1.165) is 62.5 Å². The third-order valence-corrected chi connectivity index (χ3v) is 6.32. The minimum atomic E-state index is -0.140. The van der Waals surface area contributed by atoms with Gasteiger partial charge in [0.1, 0.15) is 0 Å². The van der Waals surface area contributed by atoms with E-state index in [2.05, 4.69) is 64.2 Å². The van der Waals surface area contributed by atoms with Crippen molar-refractivity contribution < 1.29 is 15.0 Å². The summed E-state index contributed by atoms with van der Waals surface area (Å²) >= 11 is 0. The Hall–Kier alpha value is -3.01. The number of amides is 1. The first-order valence-electron chi connectivity index (χ1n) is 13.6. The molecular formula is C33H49NO3. The van der Waals surface area contributed by atoms with Gasteiger partial charge in [0.25, 0.3) is 0 Å². The first-order valence-corrected chi connectivity index (χ1v) is 13.6. The van der Waals surface area contributed by atoms with Crippen molar-refractivity contribution in [1.82, 2.24) is 5.32 Å². The minimum absolute atomic E-state index is 0.0975. The average Bonchev–Trinajstić information content (AvgIpc) is 2.81. The predicted molar refractivity (Wildman–Crippen MR) is 158 cm³/mol. The first kappa shape index (κ1) is 32.0. The Morgan fingerprint density at radius 1 is 0.703 bits per heavy atom. The van der Waals surface area contributed by atoms with E-state index in [-0.39, 0.29) is 17.4 Å². The van der Waals surface area contributed by atoms with E-state index >= 15 is 0 Å². The molecule has 0 spiro atoms. The van der Waals surface area contributed by atoms with Gasteiger partial charge in [-0.25, -0.2) is 0 Å². The van der Waals surface area contributed by atoms with Gasteiger partial charge in [-0.15, -0.1) is 0 Å². The van der Waals surface area contributed by atoms with Crippen molar-refractivity contribution in [2.45, 2.75) is 99.3 Å². The predicted octanol–water partition coefficient (Wildman–Crippen LogP) is 8.63. The van der Waals surface area contributed by atoms with Gasteiger partial charge in [-0.1, -0.05) is 58.2 Å². The van der Waals surface area contributed by atoms with Crippen LogP contribution >= 0.6 is 0 Å². The van der Waals surface area contributed by atoms with Crippen molar-refractivity contribution >= 4 is 5.91 Å². The molecule has 4 heteroatoms. The second-order valence-electron chi connectivity index (χ2n) is 10.4. The van der Waals surface area contributed by atoms with Crippen LogP contribution < -0.4 is 5.32 Å². The lowest BCUT2D eigenvalue weighted by atomic mass is 10.0. The Balaban J connectivity index is 2.26. The van der Waals surface area contributed by atoms with Crippen LogP contribution in [0.3, 0.4) is 0 Å². The van der Waals surface area contributed by atoms with E-state index in [9.17, 15) is 15.0 Å². The van der Waals surface area contributed by atoms with Crippen molar-refractivity contribution in [2.75, 3.05) is 6.54 Å². The van der Waals surface area contributed by atoms with Gasteiger partial charge in [0, 0.05) is 12.6 Å². The zero-order valence-corrected chi connectivity index (χ0v) is 24.0. The van der Waals surface area contributed by atoms with Crippen molar-refractivity contribution in [3.8, 4) is 11.5 Å². The van der Waals surface area contributed by atoms with Gasteiger partial charge < -0.3 is 15.5 Å². The highest BCUT2D eigenvalue weighted by Crippen LogP contribution is 2.24. The number of phenolic OH excluding ortho intramolecular Hbond substituents is 2. The largest absolute Gasteiger partial charge is 0.504 e. The second kappa shape index (κ2) is 18.3. The fourth-order valence-electron chi connectivity index (χ4n) is 3.93. The Kier molecular flexibility index (Phi) is 15.8. The van der Waals surface area contributed by atoms with Gasteiger partial charge in [-0.2, -0.15) is 0 Å². The third-order valence-electron chi connectivity index (χ3n) is 6.32. The molecule has 0 saturated carbocycles. The number of phenols is 2. The maximum atomic E-state index is 12.1. The molecule has 0 aliphatic rings. The molecule has 1 amide bonds. The summed E-state index contributed by atoms with van der Waals surface area (Å²) in [6.07, 6.45) is 20.1. The summed E-state index contributed by atoms with van der Waals surface area (Å²) < 4.78 is 0. The third kappa shape index (κ3) is 16.4. The molecule has 1 aromatic rings. The van der Waals surface area contributed by atoms with E-state index in [0.29, 0.717) is 13.0 Å². The molecule has 0 radical (unpaired) electrons. The highest BCUT2D eigenvalue weighted by Gasteiger charge is 2.02. The van der Waals surface area contributed by atoms with Crippen molar-refractivity contribution in [3.05, 3.63) is 82.0 Å². The number of benzene rings is 1. The maximum absolute atomic E-state index is 12.1. The second-order valence-corrected chi connectivity index (χ2v) is 10.4. The summed E-state index contributed by atoms with van der Waals surface area (Å²) in [5.74, 6) is -0.375. The van der Waals surface area contributed by atoms with Crippen LogP contribution in [0.1, 0.15) is 98.5 Å². The van der Waals surface area contributed by atoms with Crippen LogP contribution in [0.5, 0.6) is 11.5 Å². The van der Waals surface area contributed by atoms with Gasteiger partial charge >= 0.3 is 0 Å². The van der Waals surface area contributed by atoms with Crippen molar-refractivity contribution in [1.29, 1.82) is 0 Å². The van der Waals surface area contributed by atoms with E-state index < -0.39 is 0 Å². The Morgan fingerprint density at radius 2 is 1.19 bits per heavy atom. The van der Waals surface area contributed by atoms with Gasteiger partial charge in [-0.3, -0.25) is 4.79 Å². The molecule has 0 bridgehead atoms. The fourth-order valence-corrected chi connectivity index (χ4v) is 3.93. The van der Waals surface area contributed by atoms with Crippen LogP contribution in [0.15, 0.2) is 76.4 Å². The number of carbonyl (C=O) groups excluding carboxylic acids is 1. The van der Waals surface area contributed by atoms with E-state index in [4.69, 9.17) is 0 Å². The van der Waals surface area contributed by atoms with Crippen LogP contribution in [0.25, 0.3) is 0 Å². The van der Waals surface area contributed by atoms with Crippen LogP contribution in [0.2, 0.25) is 0 Å². The molecule has 204 valence electrons. The van der Waals surface area contributed by atoms with Gasteiger partial charge in [0.2, 0.25) is 5.91 Å².